The van der Waals surface area contributed by atoms with Crippen molar-refractivity contribution < 1.29 is 27.1 Å². The molecule has 2 aliphatic rings. The van der Waals surface area contributed by atoms with E-state index in [9.17, 15) is 18.0 Å². The molecular weight excluding hydrogens is 506 g/mol. The topological polar surface area (TPSA) is 55.3 Å². The number of rotatable bonds is 9. The maximum absolute atomic E-state index is 15.6. The minimum Gasteiger partial charge on any atom is -0.468 e. The number of aryl methyl sites for hydroxylation is 1. The summed E-state index contributed by atoms with van der Waals surface area (Å²) in [5, 5.41) is 0.962. The summed E-state index contributed by atoms with van der Waals surface area (Å²) in [7, 11) is 0. The molecule has 202 valence electrons. The summed E-state index contributed by atoms with van der Waals surface area (Å²) in [6, 6.07) is 3.26. The van der Waals surface area contributed by atoms with Crippen LogP contribution >= 0.6 is 11.3 Å². The molecule has 1 aliphatic carbocycles. The van der Waals surface area contributed by atoms with Crippen molar-refractivity contribution in [2.24, 2.45) is 5.92 Å². The van der Waals surface area contributed by atoms with E-state index in [1.807, 2.05) is 6.92 Å². The van der Waals surface area contributed by atoms with E-state index in [1.54, 1.807) is 35.8 Å². The van der Waals surface area contributed by atoms with Crippen LogP contribution in [0.25, 0.3) is 6.08 Å². The van der Waals surface area contributed by atoms with Gasteiger partial charge in [-0.3, -0.25) is 4.79 Å². The van der Waals surface area contributed by atoms with Gasteiger partial charge in [-0.15, -0.1) is 11.3 Å². The number of ether oxygens (including phenoxy) is 1. The number of thiazole rings is 1. The van der Waals surface area contributed by atoms with Crippen LogP contribution in [0.1, 0.15) is 59.7 Å². The Bertz CT molecular complexity index is 1090. The number of carbonyl (C=O) groups is 1. The molecule has 0 bridgehead atoms. The highest BCUT2D eigenvalue weighted by atomic mass is 32.1. The van der Waals surface area contributed by atoms with Gasteiger partial charge in [0.15, 0.2) is 12.4 Å². The van der Waals surface area contributed by atoms with Gasteiger partial charge in [0, 0.05) is 55.3 Å². The second kappa shape index (κ2) is 12.0. The second-order valence-corrected chi connectivity index (χ2v) is 11.4. The van der Waals surface area contributed by atoms with Crippen LogP contribution in [-0.2, 0) is 17.6 Å². The van der Waals surface area contributed by atoms with Crippen molar-refractivity contribution in [3.05, 3.63) is 45.5 Å². The van der Waals surface area contributed by atoms with E-state index in [0.717, 1.165) is 34.1 Å². The second-order valence-electron chi connectivity index (χ2n) is 10.1. The number of hydrogen-bond acceptors (Lipinski definition) is 6. The first kappa shape index (κ1) is 27.7. The summed E-state index contributed by atoms with van der Waals surface area (Å²) in [5.74, 6) is 0.278. The zero-order valence-corrected chi connectivity index (χ0v) is 21.8. The van der Waals surface area contributed by atoms with Crippen LogP contribution in [0.5, 0.6) is 5.88 Å². The Balaban J connectivity index is 1.19. The Hall–Kier alpha value is -2.33. The van der Waals surface area contributed by atoms with Gasteiger partial charge in [0.1, 0.15) is 5.67 Å². The van der Waals surface area contributed by atoms with E-state index in [-0.39, 0.29) is 17.6 Å². The molecule has 1 fully saturated rings. The Morgan fingerprint density at radius 2 is 2.00 bits per heavy atom. The largest absolute Gasteiger partial charge is 0.468 e. The molecule has 0 spiro atoms. The monoisotopic (exact) mass is 539 g/mol. The number of hydrogen-bond donors (Lipinski definition) is 0. The summed E-state index contributed by atoms with van der Waals surface area (Å²) >= 11 is 1.54. The third-order valence-electron chi connectivity index (χ3n) is 7.23. The number of aromatic nitrogens is 2. The molecule has 0 atom stereocenters. The number of nitrogens with zero attached hydrogens (tertiary/aromatic N) is 3. The standard InChI is InChI=1S/C27H33F4N3O2S/c1-19-32-17-23(37-19)4-3-22(35)16-20-6-10-26(28,11-7-20)12-15-34-13-8-21-2-5-25(33-24(21)9-14-34)36-18-27(29,30)31/h2-5,17,20H,6-16,18H2,1H3/b4-3+. The normalized spacial score (nSPS) is 23.1. The highest BCUT2D eigenvalue weighted by Crippen LogP contribution is 2.39. The molecule has 10 heteroatoms. The molecule has 0 saturated heterocycles. The first-order valence-corrected chi connectivity index (χ1v) is 13.6. The number of carbonyl (C=O) groups excluding carboxylic acids is 1. The zero-order chi connectivity index (χ0) is 26.5. The summed E-state index contributed by atoms with van der Waals surface area (Å²) in [5.41, 5.74) is 0.536. The lowest BCUT2D eigenvalue weighted by Gasteiger charge is -2.35. The minimum atomic E-state index is -4.40. The smallest absolute Gasteiger partial charge is 0.422 e. The van der Waals surface area contributed by atoms with Crippen molar-refractivity contribution in [3.8, 4) is 5.88 Å². The quantitative estimate of drug-likeness (QED) is 0.283. The van der Waals surface area contributed by atoms with E-state index in [0.29, 0.717) is 58.0 Å². The van der Waals surface area contributed by atoms with Crippen molar-refractivity contribution >= 4 is 23.2 Å². The lowest BCUT2D eigenvalue weighted by molar-refractivity contribution is -0.154. The van der Waals surface area contributed by atoms with Gasteiger partial charge in [0.05, 0.1) is 5.01 Å². The summed E-state index contributed by atoms with van der Waals surface area (Å²) in [6.07, 6.45) is 5.36. The number of fused-ring (bicyclic) bond motifs is 1. The number of ketones is 1. The van der Waals surface area contributed by atoms with Gasteiger partial charge in [0.2, 0.25) is 5.88 Å². The lowest BCUT2D eigenvalue weighted by atomic mass is 9.76. The van der Waals surface area contributed by atoms with Crippen LogP contribution in [0, 0.1) is 12.8 Å². The van der Waals surface area contributed by atoms with E-state index in [2.05, 4.69) is 14.9 Å². The molecule has 0 N–H and O–H groups in total. The summed E-state index contributed by atoms with van der Waals surface area (Å²) < 4.78 is 57.6. The average Bonchev–Trinajstić information content (AvgIpc) is 3.16. The average molecular weight is 540 g/mol. The number of allylic oxidation sites excluding steroid dienone is 1. The Morgan fingerprint density at radius 3 is 2.70 bits per heavy atom. The van der Waals surface area contributed by atoms with Crippen molar-refractivity contribution in [1.82, 2.24) is 14.9 Å². The van der Waals surface area contributed by atoms with Crippen LogP contribution in [0.3, 0.4) is 0 Å². The maximum atomic E-state index is 15.6. The molecular formula is C27H33F4N3O2S. The maximum Gasteiger partial charge on any atom is 0.422 e. The molecule has 37 heavy (non-hydrogen) atoms. The fourth-order valence-electron chi connectivity index (χ4n) is 5.06. The van der Waals surface area contributed by atoms with Crippen molar-refractivity contribution in [3.63, 3.8) is 0 Å². The Kier molecular flexibility index (Phi) is 9.00. The van der Waals surface area contributed by atoms with Crippen LogP contribution in [0.4, 0.5) is 17.6 Å². The molecule has 0 unspecified atom stereocenters. The van der Waals surface area contributed by atoms with Gasteiger partial charge in [0.25, 0.3) is 0 Å². The van der Waals surface area contributed by atoms with E-state index >= 15 is 4.39 Å². The van der Waals surface area contributed by atoms with Gasteiger partial charge in [-0.1, -0.05) is 6.07 Å². The van der Waals surface area contributed by atoms with Crippen LogP contribution in [-0.4, -0.2) is 58.7 Å². The van der Waals surface area contributed by atoms with Gasteiger partial charge < -0.3 is 9.64 Å². The van der Waals surface area contributed by atoms with Gasteiger partial charge in [-0.25, -0.2) is 14.4 Å². The highest BCUT2D eigenvalue weighted by Gasteiger charge is 2.36. The van der Waals surface area contributed by atoms with Crippen molar-refractivity contribution in [1.29, 1.82) is 0 Å². The van der Waals surface area contributed by atoms with Gasteiger partial charge >= 0.3 is 6.18 Å². The molecule has 0 radical (unpaired) electrons. The molecule has 0 amide bonds. The van der Waals surface area contributed by atoms with Crippen LogP contribution in [0.2, 0.25) is 0 Å². The fourth-order valence-corrected chi connectivity index (χ4v) is 5.75. The number of pyridine rings is 1. The number of halogens is 4. The SMILES string of the molecule is Cc1ncc(/C=C/C(=O)CC2CCC(F)(CCN3CCc4ccc(OCC(F)(F)F)nc4CC3)CC2)s1. The first-order valence-electron chi connectivity index (χ1n) is 12.8. The Morgan fingerprint density at radius 1 is 1.24 bits per heavy atom. The molecule has 3 heterocycles. The third kappa shape index (κ3) is 8.60. The van der Waals surface area contributed by atoms with E-state index in [4.69, 9.17) is 4.74 Å². The van der Waals surface area contributed by atoms with Crippen molar-refractivity contribution in [2.45, 2.75) is 70.1 Å². The molecule has 1 saturated carbocycles. The molecule has 2 aromatic rings. The number of alkyl halides is 4. The predicted molar refractivity (Wildman–Crippen MR) is 136 cm³/mol. The first-order chi connectivity index (χ1) is 17.6. The third-order valence-corrected chi connectivity index (χ3v) is 8.11. The van der Waals surface area contributed by atoms with Gasteiger partial charge in [-0.2, -0.15) is 13.2 Å². The van der Waals surface area contributed by atoms with E-state index < -0.39 is 18.5 Å². The van der Waals surface area contributed by atoms with Crippen LogP contribution in [0.15, 0.2) is 24.4 Å². The molecule has 2 aromatic heterocycles. The summed E-state index contributed by atoms with van der Waals surface area (Å²) in [4.78, 5) is 24.0. The predicted octanol–water partition coefficient (Wildman–Crippen LogP) is 6.15. The molecule has 1 aliphatic heterocycles. The summed E-state index contributed by atoms with van der Waals surface area (Å²) in [6.45, 7) is 2.64. The Labute approximate surface area is 218 Å². The molecule has 0 aromatic carbocycles. The van der Waals surface area contributed by atoms with Crippen molar-refractivity contribution in [2.75, 3.05) is 26.2 Å². The fraction of sp³-hybridized carbons (Fsp3) is 0.593. The van der Waals surface area contributed by atoms with Crippen LogP contribution < -0.4 is 4.74 Å². The van der Waals surface area contributed by atoms with E-state index in [1.165, 1.54) is 6.07 Å². The van der Waals surface area contributed by atoms with Gasteiger partial charge in [-0.05, 0) is 69.1 Å². The molecule has 5 nitrogen and oxygen atoms in total. The molecule has 4 rings (SSSR count). The minimum absolute atomic E-state index is 0.0170. The highest BCUT2D eigenvalue weighted by molar-refractivity contribution is 7.12. The lowest BCUT2D eigenvalue weighted by Crippen LogP contribution is -2.36. The zero-order valence-electron chi connectivity index (χ0n) is 21.0.